The second-order valence-corrected chi connectivity index (χ2v) is 9.57. The van der Waals surface area contributed by atoms with Crippen molar-refractivity contribution in [3.63, 3.8) is 0 Å². The lowest BCUT2D eigenvalue weighted by Gasteiger charge is -2.27. The standard InChI is InChI=1S/C26H26N4O6S/c1-30-15-19-14-21(9-10-22(19)37(34)35)29-26(33)36-12-11-16-5-7-17(8-6-16)23(25(30)32)28-20-4-2-3-18(13-20)24(27)31/h2-10,13-14,23,28,37H,11-12,15H2,1H3,(H2,27,31)(H,29,33)/t23-/m1/s1. The minimum Gasteiger partial charge on any atom is -0.449 e. The van der Waals surface area contributed by atoms with Crippen LogP contribution in [0.1, 0.15) is 33.1 Å². The van der Waals surface area contributed by atoms with Crippen molar-refractivity contribution in [2.45, 2.75) is 23.9 Å². The van der Waals surface area contributed by atoms with Crippen molar-refractivity contribution >= 4 is 40.0 Å². The van der Waals surface area contributed by atoms with Crippen molar-refractivity contribution in [3.05, 3.63) is 89.0 Å². The summed E-state index contributed by atoms with van der Waals surface area (Å²) in [6.07, 6.45) is -0.206. The van der Waals surface area contributed by atoms with Crippen LogP contribution in [-0.4, -0.2) is 44.9 Å². The highest BCUT2D eigenvalue weighted by molar-refractivity contribution is 7.72. The number of thiol groups is 1. The number of fused-ring (bicyclic) bond motifs is 9. The normalized spacial score (nSPS) is 16.3. The summed E-state index contributed by atoms with van der Waals surface area (Å²) in [5.41, 5.74) is 8.45. The molecule has 3 aromatic rings. The van der Waals surface area contributed by atoms with Crippen molar-refractivity contribution in [1.29, 1.82) is 0 Å². The van der Waals surface area contributed by atoms with Gasteiger partial charge in [0.05, 0.1) is 11.5 Å². The molecular formula is C26H26N4O6S. The highest BCUT2D eigenvalue weighted by Crippen LogP contribution is 2.26. The average Bonchev–Trinajstić information content (AvgIpc) is 2.87. The van der Waals surface area contributed by atoms with Gasteiger partial charge in [-0.2, -0.15) is 0 Å². The van der Waals surface area contributed by atoms with E-state index in [1.54, 1.807) is 43.4 Å². The van der Waals surface area contributed by atoms with Crippen molar-refractivity contribution in [2.75, 3.05) is 24.3 Å². The molecular weight excluding hydrogens is 496 g/mol. The number of nitrogens with two attached hydrogens (primary N) is 1. The summed E-state index contributed by atoms with van der Waals surface area (Å²) in [6, 6.07) is 17.3. The number of anilines is 2. The van der Waals surface area contributed by atoms with Gasteiger partial charge >= 0.3 is 6.09 Å². The number of amides is 3. The first kappa shape index (κ1) is 25.7. The number of carbonyl (C=O) groups excluding carboxylic acids is 3. The molecule has 2 aliphatic heterocycles. The zero-order valence-electron chi connectivity index (χ0n) is 20.0. The monoisotopic (exact) mass is 522 g/mol. The van der Waals surface area contributed by atoms with Gasteiger partial charge in [0.25, 0.3) is 0 Å². The van der Waals surface area contributed by atoms with Crippen LogP contribution in [0.4, 0.5) is 16.2 Å². The molecule has 0 saturated heterocycles. The van der Waals surface area contributed by atoms with Gasteiger partial charge < -0.3 is 20.7 Å². The lowest BCUT2D eigenvalue weighted by molar-refractivity contribution is -0.131. The van der Waals surface area contributed by atoms with Crippen LogP contribution in [0.2, 0.25) is 0 Å². The molecule has 3 aromatic carbocycles. The molecule has 1 atom stereocenters. The topological polar surface area (TPSA) is 148 Å². The molecule has 0 fully saturated rings. The molecule has 4 bridgehead atoms. The van der Waals surface area contributed by atoms with Crippen LogP contribution in [0.25, 0.3) is 0 Å². The van der Waals surface area contributed by atoms with E-state index in [0.29, 0.717) is 28.9 Å². The van der Waals surface area contributed by atoms with E-state index in [0.717, 1.165) is 5.56 Å². The largest absolute Gasteiger partial charge is 0.449 e. The van der Waals surface area contributed by atoms with Crippen LogP contribution in [0.15, 0.2) is 71.6 Å². The number of carbonyl (C=O) groups is 3. The molecule has 192 valence electrons. The summed E-state index contributed by atoms with van der Waals surface area (Å²) >= 11 is 0. The molecule has 2 heterocycles. The number of likely N-dealkylation sites (N-methyl/N-ethyl adjacent to an activating group) is 1. The van der Waals surface area contributed by atoms with Gasteiger partial charge in [0, 0.05) is 37.0 Å². The van der Waals surface area contributed by atoms with Crippen molar-refractivity contribution in [1.82, 2.24) is 4.90 Å². The smallest absolute Gasteiger partial charge is 0.411 e. The van der Waals surface area contributed by atoms with E-state index in [9.17, 15) is 22.8 Å². The molecule has 0 saturated carbocycles. The molecule has 10 nitrogen and oxygen atoms in total. The van der Waals surface area contributed by atoms with E-state index in [2.05, 4.69) is 10.6 Å². The molecule has 0 unspecified atom stereocenters. The summed E-state index contributed by atoms with van der Waals surface area (Å²) in [5.74, 6) is -0.933. The maximum atomic E-state index is 13.7. The predicted molar refractivity (Wildman–Crippen MR) is 138 cm³/mol. The first-order valence-electron chi connectivity index (χ1n) is 11.4. The first-order chi connectivity index (χ1) is 17.7. The number of rotatable bonds is 4. The fourth-order valence-corrected chi connectivity index (χ4v) is 4.60. The van der Waals surface area contributed by atoms with Crippen LogP contribution in [0, 0.1) is 0 Å². The Labute approximate surface area is 215 Å². The summed E-state index contributed by atoms with van der Waals surface area (Å²) in [6.45, 7) is 0.0887. The van der Waals surface area contributed by atoms with Gasteiger partial charge in [0.1, 0.15) is 6.04 Å². The van der Waals surface area contributed by atoms with Crippen molar-refractivity contribution in [2.24, 2.45) is 5.73 Å². The number of hydrogen-bond acceptors (Lipinski definition) is 7. The Kier molecular flexibility index (Phi) is 7.73. The molecule has 4 N–H and O–H groups in total. The van der Waals surface area contributed by atoms with Crippen LogP contribution in [0.3, 0.4) is 0 Å². The number of nitrogens with zero attached hydrogens (tertiary/aromatic N) is 1. The highest BCUT2D eigenvalue weighted by atomic mass is 32.2. The fraction of sp³-hybridized carbons (Fsp3) is 0.192. The zero-order valence-corrected chi connectivity index (χ0v) is 20.9. The average molecular weight is 523 g/mol. The number of nitrogens with one attached hydrogen (secondary N) is 2. The van der Waals surface area contributed by atoms with Gasteiger partial charge in [-0.25, -0.2) is 13.2 Å². The second kappa shape index (κ2) is 11.1. The molecule has 0 aliphatic carbocycles. The molecule has 3 amide bonds. The lowest BCUT2D eigenvalue weighted by Crippen LogP contribution is -2.35. The van der Waals surface area contributed by atoms with E-state index >= 15 is 0 Å². The number of primary amides is 1. The molecule has 11 heteroatoms. The van der Waals surface area contributed by atoms with E-state index in [1.807, 2.05) is 12.1 Å². The Morgan fingerprint density at radius 1 is 1.08 bits per heavy atom. The van der Waals surface area contributed by atoms with E-state index < -0.39 is 28.7 Å². The summed E-state index contributed by atoms with van der Waals surface area (Å²) in [7, 11) is -1.39. The minimum absolute atomic E-state index is 0.0395. The Balaban J connectivity index is 1.74. The summed E-state index contributed by atoms with van der Waals surface area (Å²) in [4.78, 5) is 39.0. The fourth-order valence-electron chi connectivity index (χ4n) is 4.03. The van der Waals surface area contributed by atoms with Crippen molar-refractivity contribution in [3.8, 4) is 0 Å². The van der Waals surface area contributed by atoms with Crippen LogP contribution in [0.5, 0.6) is 0 Å². The number of ether oxygens (including phenoxy) is 1. The predicted octanol–water partition coefficient (Wildman–Crippen LogP) is 2.67. The van der Waals surface area contributed by atoms with Crippen LogP contribution < -0.4 is 16.4 Å². The number of benzene rings is 3. The quantitative estimate of drug-likeness (QED) is 0.385. The second-order valence-electron chi connectivity index (χ2n) is 8.57. The Bertz CT molecular complexity index is 1410. The van der Waals surface area contributed by atoms with Gasteiger partial charge in [-0.1, -0.05) is 30.3 Å². The lowest BCUT2D eigenvalue weighted by atomic mass is 10.0. The SMILES string of the molecule is CN1Cc2cc(ccc2[SH](=O)=O)NC(=O)OCCc2ccc(cc2)[C@@H](Nc2cccc(C(N)=O)c2)C1=O. The molecule has 0 spiro atoms. The summed E-state index contributed by atoms with van der Waals surface area (Å²) in [5, 5.41) is 5.78. The van der Waals surface area contributed by atoms with Crippen molar-refractivity contribution < 1.29 is 27.5 Å². The molecule has 37 heavy (non-hydrogen) atoms. The Hall–Kier alpha value is -4.38. The Morgan fingerprint density at radius 3 is 2.54 bits per heavy atom. The minimum atomic E-state index is -2.95. The van der Waals surface area contributed by atoms with Gasteiger partial charge in [0.15, 0.2) is 10.7 Å². The highest BCUT2D eigenvalue weighted by Gasteiger charge is 2.25. The van der Waals surface area contributed by atoms with Crippen LogP contribution >= 0.6 is 0 Å². The summed E-state index contributed by atoms with van der Waals surface area (Å²) < 4.78 is 29.0. The van der Waals surface area contributed by atoms with E-state index in [-0.39, 0.29) is 29.5 Å². The first-order valence-corrected chi connectivity index (χ1v) is 12.6. The van der Waals surface area contributed by atoms with Crippen LogP contribution in [-0.2, 0) is 33.2 Å². The third-order valence-electron chi connectivity index (χ3n) is 5.95. The molecule has 5 rings (SSSR count). The third kappa shape index (κ3) is 6.25. The number of hydrogen-bond donors (Lipinski definition) is 4. The van der Waals surface area contributed by atoms with Gasteiger partial charge in [-0.3, -0.25) is 14.9 Å². The Morgan fingerprint density at radius 2 is 1.84 bits per heavy atom. The maximum absolute atomic E-state index is 13.7. The van der Waals surface area contributed by atoms with Gasteiger partial charge in [-0.15, -0.1) is 0 Å². The van der Waals surface area contributed by atoms with E-state index in [1.165, 1.54) is 23.1 Å². The maximum Gasteiger partial charge on any atom is 0.411 e. The van der Waals surface area contributed by atoms with Gasteiger partial charge in [-0.05, 0) is 53.1 Å². The third-order valence-corrected chi connectivity index (χ3v) is 6.78. The van der Waals surface area contributed by atoms with Gasteiger partial charge in [0.2, 0.25) is 11.8 Å². The van der Waals surface area contributed by atoms with E-state index in [4.69, 9.17) is 10.5 Å². The molecule has 0 aromatic heterocycles. The molecule has 0 radical (unpaired) electrons. The zero-order chi connectivity index (χ0) is 26.5. The molecule has 2 aliphatic rings.